The van der Waals surface area contributed by atoms with Gasteiger partial charge >= 0.3 is 0 Å². The third-order valence-corrected chi connectivity index (χ3v) is 3.56. The Hall–Kier alpha value is -0.580. The maximum absolute atomic E-state index is 11.9. The molecule has 1 aromatic rings. The molecule has 0 spiro atoms. The molecule has 5 heteroatoms. The number of carbonyl (C=O) groups is 1. The van der Waals surface area contributed by atoms with Gasteiger partial charge in [0, 0.05) is 11.4 Å². The summed E-state index contributed by atoms with van der Waals surface area (Å²) in [7, 11) is 0. The van der Waals surface area contributed by atoms with Gasteiger partial charge in [-0.1, -0.05) is 6.07 Å². The summed E-state index contributed by atoms with van der Waals surface area (Å²) in [6, 6.07) is 3.96. The molecule has 0 aliphatic carbocycles. The summed E-state index contributed by atoms with van der Waals surface area (Å²) in [5, 5.41) is 4.89. The van der Waals surface area contributed by atoms with Crippen LogP contribution in [0.1, 0.15) is 25.1 Å². The van der Waals surface area contributed by atoms with Crippen LogP contribution in [0.15, 0.2) is 17.5 Å². The molecule has 92 valence electrons. The van der Waals surface area contributed by atoms with E-state index in [-0.39, 0.29) is 18.3 Å². The van der Waals surface area contributed by atoms with Crippen LogP contribution in [-0.4, -0.2) is 19.0 Å². The van der Waals surface area contributed by atoms with Gasteiger partial charge in [-0.2, -0.15) is 0 Å². The lowest BCUT2D eigenvalue weighted by Crippen LogP contribution is -2.40. The molecule has 3 N–H and O–H groups in total. The predicted molar refractivity (Wildman–Crippen MR) is 71.3 cm³/mol. The number of rotatable bonds is 5. The number of carbonyl (C=O) groups excluding carboxylic acids is 1. The molecule has 1 aromatic heterocycles. The van der Waals surface area contributed by atoms with Gasteiger partial charge in [0.15, 0.2) is 0 Å². The van der Waals surface area contributed by atoms with Gasteiger partial charge in [-0.3, -0.25) is 4.79 Å². The Labute approximate surface area is 107 Å². The Morgan fingerprint density at radius 2 is 2.25 bits per heavy atom. The van der Waals surface area contributed by atoms with Gasteiger partial charge in [-0.25, -0.2) is 0 Å². The van der Waals surface area contributed by atoms with Gasteiger partial charge in [0.1, 0.15) is 0 Å². The van der Waals surface area contributed by atoms with Crippen molar-refractivity contribution in [3.05, 3.63) is 22.4 Å². The summed E-state index contributed by atoms with van der Waals surface area (Å²) in [5.41, 5.74) is 4.93. The van der Waals surface area contributed by atoms with Crippen molar-refractivity contribution in [3.63, 3.8) is 0 Å². The Morgan fingerprint density at radius 3 is 2.75 bits per heavy atom. The van der Waals surface area contributed by atoms with Crippen molar-refractivity contribution in [1.82, 2.24) is 5.32 Å². The van der Waals surface area contributed by atoms with Crippen molar-refractivity contribution < 1.29 is 4.79 Å². The molecule has 0 aliphatic rings. The van der Waals surface area contributed by atoms with E-state index in [0.717, 1.165) is 11.3 Å². The summed E-state index contributed by atoms with van der Waals surface area (Å²) < 4.78 is 0. The zero-order valence-electron chi connectivity index (χ0n) is 9.66. The van der Waals surface area contributed by atoms with Crippen LogP contribution in [-0.2, 0) is 10.2 Å². The Bertz CT molecular complexity index is 312. The molecular weight excluding hydrogens is 244 g/mol. The molecular formula is C11H19ClN2OS. The van der Waals surface area contributed by atoms with E-state index in [1.165, 1.54) is 0 Å². The zero-order chi connectivity index (χ0) is 11.3. The lowest BCUT2D eigenvalue weighted by molar-refractivity contribution is -0.125. The molecule has 0 fully saturated rings. The Kier molecular flexibility index (Phi) is 6.64. The van der Waals surface area contributed by atoms with Gasteiger partial charge in [-0.15, -0.1) is 23.7 Å². The Morgan fingerprint density at radius 1 is 1.56 bits per heavy atom. The highest BCUT2D eigenvalue weighted by atomic mass is 35.5. The fourth-order valence-electron chi connectivity index (χ4n) is 1.27. The van der Waals surface area contributed by atoms with Crippen LogP contribution < -0.4 is 11.1 Å². The summed E-state index contributed by atoms with van der Waals surface area (Å²) >= 11 is 1.61. The highest BCUT2D eigenvalue weighted by Crippen LogP contribution is 2.27. The van der Waals surface area contributed by atoms with Crippen molar-refractivity contribution in [2.24, 2.45) is 5.73 Å². The van der Waals surface area contributed by atoms with E-state index in [4.69, 9.17) is 5.73 Å². The molecule has 0 aromatic carbocycles. The van der Waals surface area contributed by atoms with Crippen molar-refractivity contribution in [1.29, 1.82) is 0 Å². The first-order valence-corrected chi connectivity index (χ1v) is 5.99. The summed E-state index contributed by atoms with van der Waals surface area (Å²) in [6.45, 7) is 5.15. The standard InChI is InChI=1S/C11H18N2OS.ClH/c1-11(2,9-5-3-8-15-9)10(14)13-7-4-6-12;/h3,5,8H,4,6-7,12H2,1-2H3,(H,13,14);1H. The molecule has 0 radical (unpaired) electrons. The van der Waals surface area contributed by atoms with E-state index in [9.17, 15) is 4.79 Å². The van der Waals surface area contributed by atoms with Gasteiger partial charge < -0.3 is 11.1 Å². The van der Waals surface area contributed by atoms with Crippen LogP contribution in [0.5, 0.6) is 0 Å². The van der Waals surface area contributed by atoms with Crippen LogP contribution >= 0.6 is 23.7 Å². The van der Waals surface area contributed by atoms with Crippen molar-refractivity contribution in [2.45, 2.75) is 25.7 Å². The predicted octanol–water partition coefficient (Wildman–Crippen LogP) is 1.91. The first kappa shape index (κ1) is 15.4. The number of halogens is 1. The van der Waals surface area contributed by atoms with E-state index < -0.39 is 5.41 Å². The number of hydrogen-bond donors (Lipinski definition) is 2. The highest BCUT2D eigenvalue weighted by molar-refractivity contribution is 7.10. The first-order chi connectivity index (χ1) is 7.09. The van der Waals surface area contributed by atoms with Crippen molar-refractivity contribution in [3.8, 4) is 0 Å². The fraction of sp³-hybridized carbons (Fsp3) is 0.545. The van der Waals surface area contributed by atoms with E-state index in [1.54, 1.807) is 11.3 Å². The minimum Gasteiger partial charge on any atom is -0.355 e. The third-order valence-electron chi connectivity index (χ3n) is 2.37. The lowest BCUT2D eigenvalue weighted by atomic mass is 9.90. The maximum Gasteiger partial charge on any atom is 0.230 e. The molecule has 3 nitrogen and oxygen atoms in total. The van der Waals surface area contributed by atoms with Gasteiger partial charge in [0.25, 0.3) is 0 Å². The second-order valence-corrected chi connectivity index (χ2v) is 4.95. The largest absolute Gasteiger partial charge is 0.355 e. The molecule has 1 rings (SSSR count). The lowest BCUT2D eigenvalue weighted by Gasteiger charge is -2.22. The molecule has 0 saturated carbocycles. The van der Waals surface area contributed by atoms with Gasteiger partial charge in [0.2, 0.25) is 5.91 Å². The second kappa shape index (κ2) is 6.89. The van der Waals surface area contributed by atoms with Crippen LogP contribution in [0, 0.1) is 0 Å². The maximum atomic E-state index is 11.9. The summed E-state index contributed by atoms with van der Waals surface area (Å²) in [4.78, 5) is 13.0. The topological polar surface area (TPSA) is 55.1 Å². The van der Waals surface area contributed by atoms with Crippen LogP contribution in [0.3, 0.4) is 0 Å². The van der Waals surface area contributed by atoms with E-state index >= 15 is 0 Å². The zero-order valence-corrected chi connectivity index (χ0v) is 11.3. The van der Waals surface area contributed by atoms with E-state index in [2.05, 4.69) is 5.32 Å². The van der Waals surface area contributed by atoms with Crippen LogP contribution in [0.2, 0.25) is 0 Å². The molecule has 16 heavy (non-hydrogen) atoms. The van der Waals surface area contributed by atoms with Crippen molar-refractivity contribution >= 4 is 29.7 Å². The molecule has 0 aliphatic heterocycles. The minimum absolute atomic E-state index is 0. The van der Waals surface area contributed by atoms with Crippen molar-refractivity contribution in [2.75, 3.05) is 13.1 Å². The van der Waals surface area contributed by atoms with E-state index in [1.807, 2.05) is 31.4 Å². The molecule has 1 amide bonds. The third kappa shape index (κ3) is 3.77. The Balaban J connectivity index is 0.00000225. The summed E-state index contributed by atoms with van der Waals surface area (Å²) in [5.74, 6) is 0.0680. The number of hydrogen-bond acceptors (Lipinski definition) is 3. The number of amides is 1. The number of nitrogens with one attached hydrogen (secondary N) is 1. The fourth-order valence-corrected chi connectivity index (χ4v) is 2.12. The van der Waals surface area contributed by atoms with Crippen LogP contribution in [0.4, 0.5) is 0 Å². The number of nitrogens with two attached hydrogens (primary N) is 1. The average Bonchev–Trinajstić information content (AvgIpc) is 2.71. The monoisotopic (exact) mass is 262 g/mol. The average molecular weight is 263 g/mol. The SMILES string of the molecule is CC(C)(C(=O)NCCCN)c1cccs1.Cl. The van der Waals surface area contributed by atoms with Gasteiger partial charge in [-0.05, 0) is 38.3 Å². The minimum atomic E-state index is -0.442. The molecule has 0 saturated heterocycles. The summed E-state index contributed by atoms with van der Waals surface area (Å²) in [6.07, 6.45) is 0.826. The molecule has 0 unspecified atom stereocenters. The quantitative estimate of drug-likeness (QED) is 0.797. The van der Waals surface area contributed by atoms with E-state index in [0.29, 0.717) is 13.1 Å². The first-order valence-electron chi connectivity index (χ1n) is 5.11. The highest BCUT2D eigenvalue weighted by Gasteiger charge is 2.30. The van der Waals surface area contributed by atoms with Gasteiger partial charge in [0.05, 0.1) is 5.41 Å². The molecule has 1 heterocycles. The smallest absolute Gasteiger partial charge is 0.230 e. The molecule has 0 bridgehead atoms. The van der Waals surface area contributed by atoms with Crippen LogP contribution in [0.25, 0.3) is 0 Å². The molecule has 0 atom stereocenters. The normalized spacial score (nSPS) is 10.7. The number of thiophene rings is 1. The second-order valence-electron chi connectivity index (χ2n) is 4.00.